The number of nitro benzene ring substituents is 1. The summed E-state index contributed by atoms with van der Waals surface area (Å²) in [5.41, 5.74) is 2.32. The van der Waals surface area contributed by atoms with E-state index in [1.807, 2.05) is 12.1 Å². The molecule has 2 aromatic rings. The first-order valence-corrected chi connectivity index (χ1v) is 8.31. The van der Waals surface area contributed by atoms with Gasteiger partial charge < -0.3 is 10.2 Å². The highest BCUT2D eigenvalue weighted by Gasteiger charge is 2.31. The number of nitro groups is 1. The minimum absolute atomic E-state index is 0.0118. The highest BCUT2D eigenvalue weighted by atomic mass is 16.6. The third-order valence-corrected chi connectivity index (χ3v) is 4.40. The molecule has 1 saturated heterocycles. The summed E-state index contributed by atoms with van der Waals surface area (Å²) >= 11 is 0. The van der Waals surface area contributed by atoms with Crippen LogP contribution in [0.2, 0.25) is 0 Å². The maximum absolute atomic E-state index is 12.6. The van der Waals surface area contributed by atoms with Gasteiger partial charge >= 0.3 is 0 Å². The Kier molecular flexibility index (Phi) is 5.25. The van der Waals surface area contributed by atoms with E-state index in [-0.39, 0.29) is 17.6 Å². The third-order valence-electron chi connectivity index (χ3n) is 4.40. The molecule has 0 spiro atoms. The molecule has 2 aromatic carbocycles. The predicted octanol–water partition coefficient (Wildman–Crippen LogP) is 2.36. The van der Waals surface area contributed by atoms with Crippen LogP contribution in [-0.4, -0.2) is 28.3 Å². The lowest BCUT2D eigenvalue weighted by molar-refractivity contribution is -0.384. The molecule has 0 aliphatic carbocycles. The monoisotopic (exact) mass is 350 g/mol. The van der Waals surface area contributed by atoms with Gasteiger partial charge in [0.05, 0.1) is 22.6 Å². The first-order valence-electron chi connectivity index (χ1n) is 8.31. The summed E-state index contributed by atoms with van der Waals surface area (Å²) < 4.78 is 0. The molecule has 0 unspecified atom stereocenters. The second-order valence-electron chi connectivity index (χ2n) is 6.22. The Morgan fingerprint density at radius 1 is 1.23 bits per heavy atom. The van der Waals surface area contributed by atoms with Gasteiger partial charge in [-0.05, 0) is 29.7 Å². The van der Waals surface area contributed by atoms with Crippen LogP contribution in [0.15, 0.2) is 48.5 Å². The molecule has 0 saturated carbocycles. The molecular formula is C19H18N4O3. The van der Waals surface area contributed by atoms with Crippen LogP contribution >= 0.6 is 0 Å². The lowest BCUT2D eigenvalue weighted by atomic mass is 10.1. The Labute approximate surface area is 151 Å². The quantitative estimate of drug-likeness (QED) is 0.637. The fourth-order valence-corrected chi connectivity index (χ4v) is 3.07. The summed E-state index contributed by atoms with van der Waals surface area (Å²) in [5.74, 6) is 0.0118. The molecule has 0 aromatic heterocycles. The fraction of sp³-hybridized carbons (Fsp3) is 0.263. The summed E-state index contributed by atoms with van der Waals surface area (Å²) in [7, 11) is 0. The normalized spacial score (nSPS) is 16.5. The summed E-state index contributed by atoms with van der Waals surface area (Å²) in [6, 6.07) is 15.4. The first kappa shape index (κ1) is 17.6. The molecule has 1 amide bonds. The number of nitrogens with zero attached hydrogens (tertiary/aromatic N) is 3. The number of amides is 1. The Balaban J connectivity index is 1.58. The van der Waals surface area contributed by atoms with Gasteiger partial charge in [0, 0.05) is 31.8 Å². The van der Waals surface area contributed by atoms with Crippen molar-refractivity contribution in [2.24, 2.45) is 0 Å². The van der Waals surface area contributed by atoms with Crippen molar-refractivity contribution in [3.05, 3.63) is 75.3 Å². The molecule has 1 atom stereocenters. The number of hydrogen-bond acceptors (Lipinski definition) is 5. The number of benzene rings is 2. The van der Waals surface area contributed by atoms with Gasteiger partial charge in [0.2, 0.25) is 5.91 Å². The molecular weight excluding hydrogens is 332 g/mol. The molecule has 26 heavy (non-hydrogen) atoms. The van der Waals surface area contributed by atoms with Gasteiger partial charge in [0.25, 0.3) is 5.69 Å². The molecule has 0 radical (unpaired) electrons. The SMILES string of the molecule is N#Cc1cccc(CN2CC[C@H](NCc3cccc([N+](=O)[O-])c3)C2=O)c1. The molecule has 3 rings (SSSR count). The topological polar surface area (TPSA) is 99.3 Å². The smallest absolute Gasteiger partial charge is 0.269 e. The number of likely N-dealkylation sites (tertiary alicyclic amines) is 1. The molecule has 7 nitrogen and oxygen atoms in total. The van der Waals surface area contributed by atoms with Gasteiger partial charge in [0.1, 0.15) is 0 Å². The molecule has 1 aliphatic heterocycles. The van der Waals surface area contributed by atoms with Gasteiger partial charge in [-0.15, -0.1) is 0 Å². The third kappa shape index (κ3) is 4.05. The minimum atomic E-state index is -0.429. The number of nitriles is 1. The van der Waals surface area contributed by atoms with Crippen LogP contribution in [0.25, 0.3) is 0 Å². The van der Waals surface area contributed by atoms with Gasteiger partial charge in [0.15, 0.2) is 0 Å². The molecule has 1 fully saturated rings. The number of carbonyl (C=O) groups is 1. The molecule has 1 N–H and O–H groups in total. The van der Waals surface area contributed by atoms with Crippen LogP contribution in [0.4, 0.5) is 5.69 Å². The van der Waals surface area contributed by atoms with Crippen LogP contribution in [-0.2, 0) is 17.9 Å². The van der Waals surface area contributed by atoms with Gasteiger partial charge in [-0.2, -0.15) is 5.26 Å². The van der Waals surface area contributed by atoms with Crippen LogP contribution in [0.5, 0.6) is 0 Å². The lowest BCUT2D eigenvalue weighted by Crippen LogP contribution is -2.37. The van der Waals surface area contributed by atoms with E-state index in [0.717, 1.165) is 11.1 Å². The van der Waals surface area contributed by atoms with Crippen molar-refractivity contribution in [2.75, 3.05) is 6.54 Å². The zero-order chi connectivity index (χ0) is 18.5. The zero-order valence-corrected chi connectivity index (χ0v) is 14.1. The molecule has 7 heteroatoms. The molecule has 0 bridgehead atoms. The van der Waals surface area contributed by atoms with Crippen molar-refractivity contribution < 1.29 is 9.72 Å². The Hall–Kier alpha value is -3.24. The lowest BCUT2D eigenvalue weighted by Gasteiger charge is -2.17. The Bertz CT molecular complexity index is 875. The Morgan fingerprint density at radius 2 is 2.00 bits per heavy atom. The average Bonchev–Trinajstić information content (AvgIpc) is 3.00. The largest absolute Gasteiger partial charge is 0.337 e. The van der Waals surface area contributed by atoms with Crippen LogP contribution in [0.1, 0.15) is 23.1 Å². The standard InChI is InChI=1S/C19H18N4O3/c20-11-14-3-1-5-16(9-14)13-22-8-7-18(19(22)24)21-12-15-4-2-6-17(10-15)23(25)26/h1-6,9-10,18,21H,7-8,12-13H2/t18-/m0/s1. The highest BCUT2D eigenvalue weighted by Crippen LogP contribution is 2.17. The van der Waals surface area contributed by atoms with Crippen LogP contribution in [0.3, 0.4) is 0 Å². The second kappa shape index (κ2) is 7.76. The van der Waals surface area contributed by atoms with Gasteiger partial charge in [-0.25, -0.2) is 0 Å². The maximum Gasteiger partial charge on any atom is 0.269 e. The van der Waals surface area contributed by atoms with E-state index in [4.69, 9.17) is 5.26 Å². The van der Waals surface area contributed by atoms with E-state index in [1.54, 1.807) is 29.2 Å². The van der Waals surface area contributed by atoms with E-state index < -0.39 is 4.92 Å². The first-order chi connectivity index (χ1) is 12.6. The van der Waals surface area contributed by atoms with Crippen molar-refractivity contribution in [2.45, 2.75) is 25.6 Å². The molecule has 1 heterocycles. The van der Waals surface area contributed by atoms with E-state index in [1.165, 1.54) is 12.1 Å². The van der Waals surface area contributed by atoms with Crippen molar-refractivity contribution >= 4 is 11.6 Å². The maximum atomic E-state index is 12.6. The summed E-state index contributed by atoms with van der Waals surface area (Å²) in [6.07, 6.45) is 0.686. The molecule has 1 aliphatic rings. The predicted molar refractivity (Wildman–Crippen MR) is 94.9 cm³/mol. The number of rotatable bonds is 6. The van der Waals surface area contributed by atoms with E-state index >= 15 is 0 Å². The van der Waals surface area contributed by atoms with Crippen molar-refractivity contribution in [3.63, 3.8) is 0 Å². The van der Waals surface area contributed by atoms with Crippen LogP contribution in [0, 0.1) is 21.4 Å². The second-order valence-corrected chi connectivity index (χ2v) is 6.22. The van der Waals surface area contributed by atoms with Gasteiger partial charge in [-0.1, -0.05) is 24.3 Å². The number of nitrogens with one attached hydrogen (secondary N) is 1. The van der Waals surface area contributed by atoms with Crippen molar-refractivity contribution in [1.82, 2.24) is 10.2 Å². The fourth-order valence-electron chi connectivity index (χ4n) is 3.07. The van der Waals surface area contributed by atoms with E-state index in [0.29, 0.717) is 31.6 Å². The van der Waals surface area contributed by atoms with Crippen molar-refractivity contribution in [3.8, 4) is 6.07 Å². The minimum Gasteiger partial charge on any atom is -0.337 e. The number of hydrogen-bond donors (Lipinski definition) is 1. The summed E-state index contributed by atoms with van der Waals surface area (Å²) in [4.78, 5) is 24.7. The van der Waals surface area contributed by atoms with Crippen LogP contribution < -0.4 is 5.32 Å². The molecule has 132 valence electrons. The van der Waals surface area contributed by atoms with Crippen molar-refractivity contribution in [1.29, 1.82) is 5.26 Å². The highest BCUT2D eigenvalue weighted by molar-refractivity contribution is 5.84. The van der Waals surface area contributed by atoms with Gasteiger partial charge in [-0.3, -0.25) is 14.9 Å². The van der Waals surface area contributed by atoms with E-state index in [2.05, 4.69) is 11.4 Å². The summed E-state index contributed by atoms with van der Waals surface area (Å²) in [6.45, 7) is 1.52. The summed E-state index contributed by atoms with van der Waals surface area (Å²) in [5, 5.41) is 23.0. The number of carbonyl (C=O) groups excluding carboxylic acids is 1. The average molecular weight is 350 g/mol. The number of non-ortho nitro benzene ring substituents is 1. The van der Waals surface area contributed by atoms with E-state index in [9.17, 15) is 14.9 Å². The Morgan fingerprint density at radius 3 is 2.77 bits per heavy atom. The zero-order valence-electron chi connectivity index (χ0n) is 14.1.